The van der Waals surface area contributed by atoms with E-state index in [-0.39, 0.29) is 0 Å². The maximum atomic E-state index is 5.22. The third-order valence-corrected chi connectivity index (χ3v) is 14.3. The van der Waals surface area contributed by atoms with Crippen LogP contribution in [0.4, 0.5) is 0 Å². The summed E-state index contributed by atoms with van der Waals surface area (Å²) in [4.78, 5) is 0. The van der Waals surface area contributed by atoms with Gasteiger partial charge in [-0.1, -0.05) is 200 Å². The normalized spacial score (nSPS) is 11.6. The highest BCUT2D eigenvalue weighted by Crippen LogP contribution is 2.44. The molecule has 0 fully saturated rings. The molecule has 0 aliphatic heterocycles. The molecule has 14 rings (SSSR count). The Morgan fingerprint density at radius 1 is 0.219 bits per heavy atom. The SMILES string of the molecule is c1ccc(-c2cc(-c3ccccc3)cc(-n3c4ccccc4c4c(-c5nnc(-c6cccc7c6c6ccccc6n7-c6cc(-c7ccccc7)cc(-c7ccccc7)c6)n5-c5ccccc5)cccc43)c2)cc1. The Labute approximate surface area is 422 Å². The highest BCUT2D eigenvalue weighted by Gasteiger charge is 2.26. The van der Waals surface area contributed by atoms with Crippen molar-refractivity contribution < 1.29 is 0 Å². The average molecular weight is 932 g/mol. The number of nitrogens with zero attached hydrogens (tertiary/aromatic N) is 5. The molecule has 0 atom stereocenters. The Morgan fingerprint density at radius 2 is 0.534 bits per heavy atom. The number of fused-ring (bicyclic) bond motifs is 6. The maximum absolute atomic E-state index is 5.22. The summed E-state index contributed by atoms with van der Waals surface area (Å²) in [6, 6.07) is 97.9. The van der Waals surface area contributed by atoms with E-state index in [2.05, 4.69) is 287 Å². The zero-order valence-electron chi connectivity index (χ0n) is 39.7. The second-order valence-electron chi connectivity index (χ2n) is 18.6. The van der Waals surface area contributed by atoms with Crippen LogP contribution in [0.25, 0.3) is 128 Å². The smallest absolute Gasteiger partial charge is 0.169 e. The molecule has 0 radical (unpaired) electrons. The van der Waals surface area contributed by atoms with Gasteiger partial charge in [0.05, 0.1) is 22.1 Å². The van der Waals surface area contributed by atoms with E-state index in [1.807, 2.05) is 0 Å². The lowest BCUT2D eigenvalue weighted by Gasteiger charge is -2.15. The lowest BCUT2D eigenvalue weighted by molar-refractivity contribution is 1.08. The van der Waals surface area contributed by atoms with Gasteiger partial charge in [-0.3, -0.25) is 4.57 Å². The van der Waals surface area contributed by atoms with Crippen LogP contribution in [0.5, 0.6) is 0 Å². The Hall–Kier alpha value is -9.84. The van der Waals surface area contributed by atoms with Gasteiger partial charge in [0.25, 0.3) is 0 Å². The van der Waals surface area contributed by atoms with Crippen molar-refractivity contribution >= 4 is 43.6 Å². The molecular weight excluding hydrogens is 887 g/mol. The Morgan fingerprint density at radius 3 is 0.904 bits per heavy atom. The van der Waals surface area contributed by atoms with Crippen LogP contribution < -0.4 is 0 Å². The van der Waals surface area contributed by atoms with Gasteiger partial charge in [0.2, 0.25) is 0 Å². The number of aromatic nitrogens is 5. The highest BCUT2D eigenvalue weighted by atomic mass is 15.3. The van der Waals surface area contributed by atoms with Gasteiger partial charge >= 0.3 is 0 Å². The number of para-hydroxylation sites is 3. The summed E-state index contributed by atoms with van der Waals surface area (Å²) in [5, 5.41) is 15.0. The van der Waals surface area contributed by atoms with Crippen molar-refractivity contribution in [2.24, 2.45) is 0 Å². The topological polar surface area (TPSA) is 40.6 Å². The van der Waals surface area contributed by atoms with E-state index in [0.717, 1.165) is 106 Å². The molecule has 0 unspecified atom stereocenters. The predicted octanol–water partition coefficient (Wildman–Crippen LogP) is 17.5. The van der Waals surface area contributed by atoms with E-state index in [1.54, 1.807) is 0 Å². The minimum absolute atomic E-state index is 0.765. The third kappa shape index (κ3) is 7.17. The van der Waals surface area contributed by atoms with Gasteiger partial charge in [0.15, 0.2) is 11.6 Å². The van der Waals surface area contributed by atoms with E-state index in [4.69, 9.17) is 10.2 Å². The molecular formula is C68H45N5. The van der Waals surface area contributed by atoms with Crippen molar-refractivity contribution in [3.8, 4) is 84.3 Å². The van der Waals surface area contributed by atoms with Crippen molar-refractivity contribution in [2.75, 3.05) is 0 Å². The molecule has 0 bridgehead atoms. The lowest BCUT2D eigenvalue weighted by atomic mass is 9.98. The fourth-order valence-corrected chi connectivity index (χ4v) is 11.1. The van der Waals surface area contributed by atoms with E-state index in [0.29, 0.717) is 0 Å². The first-order chi connectivity index (χ1) is 36.2. The Bertz CT molecular complexity index is 3970. The van der Waals surface area contributed by atoms with Crippen LogP contribution in [-0.4, -0.2) is 23.9 Å². The van der Waals surface area contributed by atoms with E-state index >= 15 is 0 Å². The summed E-state index contributed by atoms with van der Waals surface area (Å²) in [5.74, 6) is 1.53. The monoisotopic (exact) mass is 931 g/mol. The fraction of sp³-hybridized carbons (Fsp3) is 0. The van der Waals surface area contributed by atoms with E-state index in [9.17, 15) is 0 Å². The number of hydrogen-bond donors (Lipinski definition) is 0. The lowest BCUT2D eigenvalue weighted by Crippen LogP contribution is -2.01. The van der Waals surface area contributed by atoms with Gasteiger partial charge in [-0.25, -0.2) is 0 Å². The minimum atomic E-state index is 0.765. The van der Waals surface area contributed by atoms with Crippen molar-refractivity contribution in [2.45, 2.75) is 0 Å². The van der Waals surface area contributed by atoms with Crippen LogP contribution in [0.2, 0.25) is 0 Å². The first-order valence-corrected chi connectivity index (χ1v) is 24.8. The molecule has 0 saturated carbocycles. The zero-order chi connectivity index (χ0) is 48.2. The number of hydrogen-bond acceptors (Lipinski definition) is 2. The van der Waals surface area contributed by atoms with Gasteiger partial charge < -0.3 is 9.13 Å². The molecule has 5 nitrogen and oxygen atoms in total. The summed E-state index contributed by atoms with van der Waals surface area (Å²) in [5.41, 5.74) is 18.8. The fourth-order valence-electron chi connectivity index (χ4n) is 11.1. The largest absolute Gasteiger partial charge is 0.309 e. The molecule has 0 aliphatic carbocycles. The molecule has 14 aromatic rings. The van der Waals surface area contributed by atoms with Crippen LogP contribution in [-0.2, 0) is 0 Å². The molecule has 3 heterocycles. The molecule has 3 aromatic heterocycles. The number of rotatable bonds is 9. The Kier molecular flexibility index (Phi) is 10.1. The summed E-state index contributed by atoms with van der Waals surface area (Å²) < 4.78 is 7.10. The summed E-state index contributed by atoms with van der Waals surface area (Å²) >= 11 is 0. The van der Waals surface area contributed by atoms with Gasteiger partial charge in [0.1, 0.15) is 0 Å². The van der Waals surface area contributed by atoms with Crippen molar-refractivity contribution in [1.29, 1.82) is 0 Å². The first kappa shape index (κ1) is 42.1. The first-order valence-electron chi connectivity index (χ1n) is 24.8. The molecule has 0 N–H and O–H groups in total. The predicted molar refractivity (Wildman–Crippen MR) is 303 cm³/mol. The quantitative estimate of drug-likeness (QED) is 0.145. The van der Waals surface area contributed by atoms with E-state index in [1.165, 1.54) is 22.3 Å². The summed E-state index contributed by atoms with van der Waals surface area (Å²) in [6.07, 6.45) is 0. The molecule has 342 valence electrons. The second-order valence-corrected chi connectivity index (χ2v) is 18.6. The van der Waals surface area contributed by atoms with E-state index < -0.39 is 0 Å². The highest BCUT2D eigenvalue weighted by molar-refractivity contribution is 6.17. The molecule has 0 amide bonds. The molecule has 0 spiro atoms. The standard InChI is InChI=1S/C68H45N5/c1-6-22-46(23-7-1)50-40-51(47-24-8-2-9-25-47)43-55(42-50)71-61-36-18-16-32-57(61)65-59(34-20-38-63(65)71)67-69-70-68(73(67)54-30-14-5-15-31-54)60-35-21-39-64-66(60)58-33-17-19-37-62(58)72(64)56-44-52(48-26-10-3-11-27-48)41-53(45-56)49-28-12-4-13-29-49/h1-45H. The van der Waals surface area contributed by atoms with Gasteiger partial charge in [-0.05, 0) is 117 Å². The molecule has 0 saturated heterocycles. The summed E-state index contributed by atoms with van der Waals surface area (Å²) in [7, 11) is 0. The van der Waals surface area contributed by atoms with Crippen LogP contribution in [0.1, 0.15) is 0 Å². The van der Waals surface area contributed by atoms with Gasteiger partial charge in [-0.15, -0.1) is 10.2 Å². The third-order valence-electron chi connectivity index (χ3n) is 14.3. The van der Waals surface area contributed by atoms with Gasteiger partial charge in [-0.2, -0.15) is 0 Å². The maximum Gasteiger partial charge on any atom is 0.169 e. The van der Waals surface area contributed by atoms with Crippen LogP contribution in [0.3, 0.4) is 0 Å². The van der Waals surface area contributed by atoms with Gasteiger partial charge in [0, 0.05) is 49.7 Å². The second kappa shape index (κ2) is 17.5. The minimum Gasteiger partial charge on any atom is -0.309 e. The molecule has 73 heavy (non-hydrogen) atoms. The zero-order valence-corrected chi connectivity index (χ0v) is 39.7. The van der Waals surface area contributed by atoms with Crippen molar-refractivity contribution in [1.82, 2.24) is 23.9 Å². The van der Waals surface area contributed by atoms with Crippen molar-refractivity contribution in [3.05, 3.63) is 273 Å². The Balaban J connectivity index is 1.00. The molecule has 11 aromatic carbocycles. The van der Waals surface area contributed by atoms with Crippen LogP contribution >= 0.6 is 0 Å². The number of benzene rings is 11. The average Bonchev–Trinajstić information content (AvgIpc) is 4.17. The van der Waals surface area contributed by atoms with Crippen molar-refractivity contribution in [3.63, 3.8) is 0 Å². The van der Waals surface area contributed by atoms with Crippen LogP contribution in [0.15, 0.2) is 273 Å². The van der Waals surface area contributed by atoms with Crippen LogP contribution in [0, 0.1) is 0 Å². The summed E-state index contributed by atoms with van der Waals surface area (Å²) in [6.45, 7) is 0. The molecule has 5 heteroatoms. The molecule has 0 aliphatic rings.